The first-order valence-electron chi connectivity index (χ1n) is 5.38. The summed E-state index contributed by atoms with van der Waals surface area (Å²) in [5, 5.41) is 14.7. The monoisotopic (exact) mass is 322 g/mol. The van der Waals surface area contributed by atoms with Gasteiger partial charge in [-0.2, -0.15) is 9.36 Å². The van der Waals surface area contributed by atoms with Crippen LogP contribution in [0.4, 0.5) is 4.79 Å². The van der Waals surface area contributed by atoms with Gasteiger partial charge in [-0.05, 0) is 6.42 Å². The Bertz CT molecular complexity index is 573. The second kappa shape index (κ2) is 5.44. The highest BCUT2D eigenvalue weighted by Crippen LogP contribution is 2.39. The van der Waals surface area contributed by atoms with Crippen molar-refractivity contribution in [2.24, 2.45) is 0 Å². The van der Waals surface area contributed by atoms with E-state index in [2.05, 4.69) is 20.6 Å². The van der Waals surface area contributed by atoms with Crippen LogP contribution in [0.2, 0.25) is 0 Å². The van der Waals surface area contributed by atoms with Crippen LogP contribution in [0.1, 0.15) is 24.7 Å². The van der Waals surface area contributed by atoms with E-state index < -0.39 is 9.82 Å². The lowest BCUT2D eigenvalue weighted by Crippen LogP contribution is -2.26. The summed E-state index contributed by atoms with van der Waals surface area (Å²) in [4.78, 5) is 12.1. The molecule has 102 valence electrons. The third-order valence-corrected chi connectivity index (χ3v) is 2.83. The number of carbonyl (C=O) groups is 1. The minimum Gasteiger partial charge on any atom is -0.243 e. The van der Waals surface area contributed by atoms with E-state index in [1.54, 1.807) is 0 Å². The summed E-state index contributed by atoms with van der Waals surface area (Å²) < 4.78 is 0.0984. The Labute approximate surface area is 123 Å². The van der Waals surface area contributed by atoms with Gasteiger partial charge >= 0.3 is 6.03 Å². The fraction of sp³-hybridized carbons (Fsp3) is 0.444. The molecule has 0 aliphatic carbocycles. The molecule has 0 aliphatic rings. The molecule has 0 radical (unpaired) electrons. The molecule has 0 amide bonds. The quantitative estimate of drug-likeness (QED) is 0.791. The first-order chi connectivity index (χ1) is 8.95. The molecule has 0 N–H and O–H groups in total. The molecule has 0 aliphatic heterocycles. The maximum absolute atomic E-state index is 12.1. The normalized spacial score (nSPS) is 11.8. The van der Waals surface area contributed by atoms with E-state index in [1.807, 2.05) is 6.92 Å². The first kappa shape index (κ1) is 14.2. The number of carbonyl (C=O) groups excluding carboxylic acids is 1. The summed E-state index contributed by atoms with van der Waals surface area (Å²) in [5.41, 5.74) is 0.593. The Morgan fingerprint density at radius 3 is 2.63 bits per heavy atom. The van der Waals surface area contributed by atoms with Crippen LogP contribution in [0.15, 0.2) is 12.4 Å². The molecule has 2 heterocycles. The fourth-order valence-electron chi connectivity index (χ4n) is 1.54. The van der Waals surface area contributed by atoms with Gasteiger partial charge in [0.25, 0.3) is 0 Å². The van der Waals surface area contributed by atoms with Crippen molar-refractivity contribution in [3.8, 4) is 0 Å². The summed E-state index contributed by atoms with van der Waals surface area (Å²) in [6.45, 7) is 1.94. The van der Waals surface area contributed by atoms with Gasteiger partial charge in [-0.25, -0.2) is 4.79 Å². The molecule has 10 heteroatoms. The van der Waals surface area contributed by atoms with Crippen molar-refractivity contribution >= 4 is 40.8 Å². The molecule has 0 aromatic carbocycles. The van der Waals surface area contributed by atoms with Gasteiger partial charge < -0.3 is 0 Å². The molecule has 2 rings (SSSR count). The lowest BCUT2D eigenvalue weighted by Gasteiger charge is -2.13. The number of aryl methyl sites for hydroxylation is 1. The van der Waals surface area contributed by atoms with Gasteiger partial charge in [0.1, 0.15) is 5.69 Å². The average molecular weight is 324 g/mol. The lowest BCUT2D eigenvalue weighted by molar-refractivity contribution is 0.236. The maximum atomic E-state index is 12.1. The zero-order valence-corrected chi connectivity index (χ0v) is 12.1. The van der Waals surface area contributed by atoms with Gasteiger partial charge in [0.15, 0.2) is 0 Å². The third-order valence-electron chi connectivity index (χ3n) is 2.30. The molecule has 7 nitrogen and oxygen atoms in total. The predicted molar refractivity (Wildman–Crippen MR) is 69.5 cm³/mol. The van der Waals surface area contributed by atoms with Crippen LogP contribution in [0.3, 0.4) is 0 Å². The van der Waals surface area contributed by atoms with Crippen molar-refractivity contribution in [2.45, 2.75) is 23.6 Å². The van der Waals surface area contributed by atoms with Gasteiger partial charge in [-0.1, -0.05) is 58.6 Å². The fourth-order valence-corrected chi connectivity index (χ4v) is 2.11. The second-order valence-electron chi connectivity index (χ2n) is 3.67. The molecule has 0 unspecified atom stereocenters. The van der Waals surface area contributed by atoms with Crippen LogP contribution in [0.5, 0.6) is 0 Å². The van der Waals surface area contributed by atoms with Gasteiger partial charge in [0, 0.05) is 0 Å². The van der Waals surface area contributed by atoms with Gasteiger partial charge in [0.05, 0.1) is 18.1 Å². The van der Waals surface area contributed by atoms with Crippen molar-refractivity contribution in [3.05, 3.63) is 23.8 Å². The average Bonchev–Trinajstić information content (AvgIpc) is 2.96. The van der Waals surface area contributed by atoms with Crippen molar-refractivity contribution < 1.29 is 4.79 Å². The lowest BCUT2D eigenvalue weighted by atomic mass is 10.2. The number of rotatable bonds is 2. The molecule has 2 aromatic heterocycles. The molecular weight excluding hydrogens is 314 g/mol. The van der Waals surface area contributed by atoms with Crippen molar-refractivity contribution in [3.63, 3.8) is 0 Å². The van der Waals surface area contributed by atoms with Gasteiger partial charge in [-0.15, -0.1) is 10.2 Å². The molecule has 0 atom stereocenters. The molecule has 2 aromatic rings. The van der Waals surface area contributed by atoms with E-state index in [-0.39, 0.29) is 5.69 Å². The Morgan fingerprint density at radius 2 is 2.11 bits per heavy atom. The Balaban J connectivity index is 2.49. The molecule has 0 spiro atoms. The van der Waals surface area contributed by atoms with Crippen LogP contribution < -0.4 is 0 Å². The predicted octanol–water partition coefficient (Wildman–Crippen LogP) is 2.17. The van der Waals surface area contributed by atoms with Crippen LogP contribution in [-0.4, -0.2) is 36.0 Å². The van der Waals surface area contributed by atoms with Crippen LogP contribution in [0, 0.1) is 0 Å². The molecular formula is C9H9Cl3N6O. The number of halogens is 3. The summed E-state index contributed by atoms with van der Waals surface area (Å²) in [5.74, 6) is 0. The summed E-state index contributed by atoms with van der Waals surface area (Å²) in [6, 6.07) is -0.617. The highest BCUT2D eigenvalue weighted by molar-refractivity contribution is 6.66. The highest BCUT2D eigenvalue weighted by Gasteiger charge is 2.34. The Hall–Kier alpha value is -1.18. The molecule has 0 fully saturated rings. The third kappa shape index (κ3) is 2.88. The summed E-state index contributed by atoms with van der Waals surface area (Å²) in [7, 11) is 0. The topological polar surface area (TPSA) is 78.5 Å². The molecule has 0 bridgehead atoms. The van der Waals surface area contributed by atoms with Gasteiger partial charge in [-0.3, -0.25) is 0 Å². The molecule has 0 saturated heterocycles. The minimum atomic E-state index is -1.80. The van der Waals surface area contributed by atoms with E-state index in [0.29, 0.717) is 12.1 Å². The number of alkyl halides is 3. The zero-order chi connectivity index (χ0) is 14.0. The largest absolute Gasteiger partial charge is 0.372 e. The summed E-state index contributed by atoms with van der Waals surface area (Å²) >= 11 is 17.7. The first-order valence-corrected chi connectivity index (χ1v) is 6.51. The minimum absolute atomic E-state index is 0.125. The SMILES string of the molecule is CCCc1nnn(C(=O)n2ccnn2)c1C(Cl)(Cl)Cl. The number of nitrogens with zero attached hydrogens (tertiary/aromatic N) is 6. The van der Waals surface area contributed by atoms with E-state index in [9.17, 15) is 4.79 Å². The number of aromatic nitrogens is 6. The van der Waals surface area contributed by atoms with Gasteiger partial charge in [0.2, 0.25) is 3.79 Å². The van der Waals surface area contributed by atoms with E-state index >= 15 is 0 Å². The van der Waals surface area contributed by atoms with Crippen LogP contribution in [0.25, 0.3) is 0 Å². The Kier molecular flexibility index (Phi) is 4.07. The van der Waals surface area contributed by atoms with Crippen molar-refractivity contribution in [2.75, 3.05) is 0 Å². The van der Waals surface area contributed by atoms with Crippen LogP contribution in [-0.2, 0) is 10.2 Å². The number of hydrogen-bond acceptors (Lipinski definition) is 5. The van der Waals surface area contributed by atoms with E-state index in [0.717, 1.165) is 15.8 Å². The summed E-state index contributed by atoms with van der Waals surface area (Å²) in [6.07, 6.45) is 4.06. The Morgan fingerprint density at radius 1 is 1.37 bits per heavy atom. The molecule has 0 saturated carbocycles. The zero-order valence-electron chi connectivity index (χ0n) is 9.79. The smallest absolute Gasteiger partial charge is 0.243 e. The highest BCUT2D eigenvalue weighted by atomic mass is 35.6. The van der Waals surface area contributed by atoms with E-state index in [1.165, 1.54) is 12.4 Å². The second-order valence-corrected chi connectivity index (χ2v) is 5.96. The molecule has 19 heavy (non-hydrogen) atoms. The maximum Gasteiger partial charge on any atom is 0.372 e. The number of hydrogen-bond donors (Lipinski definition) is 0. The van der Waals surface area contributed by atoms with E-state index in [4.69, 9.17) is 34.8 Å². The van der Waals surface area contributed by atoms with Crippen molar-refractivity contribution in [1.82, 2.24) is 30.0 Å². The van der Waals surface area contributed by atoms with Crippen molar-refractivity contribution in [1.29, 1.82) is 0 Å². The van der Waals surface area contributed by atoms with Crippen LogP contribution >= 0.6 is 34.8 Å². The standard InChI is InChI=1S/C9H9Cl3N6O/c1-2-3-6-7(9(10,11)12)18(16-14-6)8(19)17-5-4-13-15-17/h4-5H,2-3H2,1H3.